The van der Waals surface area contributed by atoms with Crippen molar-refractivity contribution in [2.45, 2.75) is 31.5 Å². The summed E-state index contributed by atoms with van der Waals surface area (Å²) >= 11 is 0. The number of aliphatic hydroxyl groups excluding tert-OH is 1. The number of cyclic esters (lactones) is 1. The van der Waals surface area contributed by atoms with Gasteiger partial charge in [-0.1, -0.05) is 6.07 Å². The topological polar surface area (TPSA) is 136 Å². The Balaban J connectivity index is 1.19. The van der Waals surface area contributed by atoms with Crippen molar-refractivity contribution in [2.24, 2.45) is 0 Å². The first-order valence-electron chi connectivity index (χ1n) is 10.4. The van der Waals surface area contributed by atoms with E-state index in [9.17, 15) is 14.7 Å². The average molecular weight is 441 g/mol. The van der Waals surface area contributed by atoms with E-state index in [1.165, 1.54) is 22.0 Å². The van der Waals surface area contributed by atoms with E-state index in [1.807, 2.05) is 13.0 Å². The Morgan fingerprint density at radius 2 is 2.06 bits per heavy atom. The second-order valence-electron chi connectivity index (χ2n) is 8.30. The van der Waals surface area contributed by atoms with E-state index in [-0.39, 0.29) is 6.61 Å². The fourth-order valence-electron chi connectivity index (χ4n) is 4.42. The molecule has 5 heterocycles. The number of likely N-dealkylation sites (tertiary alicyclic amines) is 1. The summed E-state index contributed by atoms with van der Waals surface area (Å²) < 4.78 is 12.1. The minimum atomic E-state index is -0.700. The van der Waals surface area contributed by atoms with Gasteiger partial charge in [0.1, 0.15) is 18.5 Å². The van der Waals surface area contributed by atoms with Gasteiger partial charge < -0.3 is 19.5 Å². The van der Waals surface area contributed by atoms with Crippen LogP contribution in [0, 0.1) is 6.92 Å². The third kappa shape index (κ3) is 3.82. The zero-order valence-electron chi connectivity index (χ0n) is 17.5. The zero-order chi connectivity index (χ0) is 22.3. The maximum absolute atomic E-state index is 12.4. The van der Waals surface area contributed by atoms with Crippen molar-refractivity contribution < 1.29 is 24.2 Å². The van der Waals surface area contributed by atoms with Crippen LogP contribution in [0.1, 0.15) is 30.2 Å². The van der Waals surface area contributed by atoms with Crippen molar-refractivity contribution in [1.82, 2.24) is 35.0 Å². The van der Waals surface area contributed by atoms with E-state index in [4.69, 9.17) is 9.47 Å². The van der Waals surface area contributed by atoms with Crippen molar-refractivity contribution in [3.8, 4) is 5.82 Å². The van der Waals surface area contributed by atoms with Crippen LogP contribution in [0.3, 0.4) is 0 Å². The zero-order valence-corrected chi connectivity index (χ0v) is 17.5. The van der Waals surface area contributed by atoms with Crippen LogP contribution in [0.5, 0.6) is 0 Å². The number of aromatic nitrogens is 5. The Morgan fingerprint density at radius 3 is 2.72 bits per heavy atom. The molecular weight excluding hydrogens is 418 g/mol. The first kappa shape index (κ1) is 20.5. The number of carbonyl (C=O) groups is 2. The monoisotopic (exact) mass is 441 g/mol. The Labute approximate surface area is 183 Å². The third-order valence-corrected chi connectivity index (χ3v) is 6.22. The summed E-state index contributed by atoms with van der Waals surface area (Å²) in [4.78, 5) is 31.8. The molecule has 1 N–H and O–H groups in total. The molecule has 5 rings (SSSR count). The van der Waals surface area contributed by atoms with Crippen LogP contribution in [0.15, 0.2) is 30.2 Å². The number of amides is 1. The average Bonchev–Trinajstić information content (AvgIpc) is 3.51. The number of hydrogen-bond acceptors (Lipinski definition) is 10. The van der Waals surface area contributed by atoms with Crippen molar-refractivity contribution in [2.75, 3.05) is 32.8 Å². The van der Waals surface area contributed by atoms with Crippen molar-refractivity contribution in [3.63, 3.8) is 0 Å². The predicted octanol–water partition coefficient (Wildman–Crippen LogP) is 0.127. The van der Waals surface area contributed by atoms with Crippen LogP contribution in [0.2, 0.25) is 0 Å². The number of pyridine rings is 1. The van der Waals surface area contributed by atoms with Gasteiger partial charge in [-0.25, -0.2) is 14.6 Å². The number of piperidine rings is 1. The van der Waals surface area contributed by atoms with Gasteiger partial charge in [-0.05, 0) is 23.4 Å². The number of β-amino-alcohol motifs (C(OH)–C–C–N with tert-alkyl or cyclic N) is 1. The van der Waals surface area contributed by atoms with Gasteiger partial charge in [0.25, 0.3) is 0 Å². The first-order chi connectivity index (χ1) is 15.4. The smallest absolute Gasteiger partial charge is 0.414 e. The maximum Gasteiger partial charge on any atom is 0.414 e. The van der Waals surface area contributed by atoms with Gasteiger partial charge in [-0.15, -0.1) is 5.10 Å². The number of carbonyl (C=O) groups excluding carboxylic acids is 2. The van der Waals surface area contributed by atoms with Crippen LogP contribution in [0.25, 0.3) is 5.82 Å². The lowest BCUT2D eigenvalue weighted by molar-refractivity contribution is -0.135. The highest BCUT2D eigenvalue weighted by Gasteiger charge is 2.48. The molecule has 12 heteroatoms. The molecule has 12 nitrogen and oxygen atoms in total. The van der Waals surface area contributed by atoms with E-state index in [2.05, 4.69) is 25.4 Å². The number of rotatable bonds is 5. The minimum Gasteiger partial charge on any atom is -0.456 e. The summed E-state index contributed by atoms with van der Waals surface area (Å²) in [6.45, 7) is 4.17. The van der Waals surface area contributed by atoms with Gasteiger partial charge in [0.15, 0.2) is 5.82 Å². The lowest BCUT2D eigenvalue weighted by Gasteiger charge is -2.38. The normalized spacial score (nSPS) is 21.6. The highest BCUT2D eigenvalue weighted by atomic mass is 16.6. The molecule has 0 bridgehead atoms. The molecule has 2 aromatic rings. The Morgan fingerprint density at radius 1 is 1.25 bits per heavy atom. The summed E-state index contributed by atoms with van der Waals surface area (Å²) in [5.41, 5.74) is 1.43. The van der Waals surface area contributed by atoms with Crippen molar-refractivity contribution in [3.05, 3.63) is 41.5 Å². The summed E-state index contributed by atoms with van der Waals surface area (Å²) in [5, 5.41) is 21.8. The van der Waals surface area contributed by atoms with Gasteiger partial charge in [-0.3, -0.25) is 4.90 Å². The Kier molecular flexibility index (Phi) is 5.10. The lowest BCUT2D eigenvalue weighted by Crippen LogP contribution is -2.47. The number of esters is 1. The van der Waals surface area contributed by atoms with Crippen LogP contribution in [-0.4, -0.2) is 90.5 Å². The molecule has 168 valence electrons. The summed E-state index contributed by atoms with van der Waals surface area (Å²) in [6, 6.07) is 3.61. The number of ether oxygens (including phenoxy) is 2. The molecule has 0 radical (unpaired) electrons. The summed E-state index contributed by atoms with van der Waals surface area (Å²) in [5.74, 6) is 0.147. The van der Waals surface area contributed by atoms with Crippen LogP contribution >= 0.6 is 0 Å². The summed E-state index contributed by atoms with van der Waals surface area (Å²) in [7, 11) is 0. The van der Waals surface area contributed by atoms with Crippen LogP contribution in [0.4, 0.5) is 4.79 Å². The van der Waals surface area contributed by atoms with Crippen LogP contribution < -0.4 is 0 Å². The maximum atomic E-state index is 12.4. The van der Waals surface area contributed by atoms with E-state index in [1.54, 1.807) is 6.07 Å². The van der Waals surface area contributed by atoms with Gasteiger partial charge in [-0.2, -0.15) is 4.68 Å². The third-order valence-electron chi connectivity index (χ3n) is 6.22. The molecule has 32 heavy (non-hydrogen) atoms. The quantitative estimate of drug-likeness (QED) is 0.638. The molecule has 3 aliphatic heterocycles. The van der Waals surface area contributed by atoms with Gasteiger partial charge in [0, 0.05) is 49.8 Å². The fraction of sp³-hybridized carbons (Fsp3) is 0.500. The van der Waals surface area contributed by atoms with Gasteiger partial charge in [0.05, 0.1) is 18.3 Å². The number of aryl methyl sites for hydroxylation is 1. The van der Waals surface area contributed by atoms with E-state index < -0.39 is 23.8 Å². The molecule has 2 aromatic heterocycles. The molecule has 3 aliphatic rings. The first-order valence-corrected chi connectivity index (χ1v) is 10.4. The second kappa shape index (κ2) is 7.95. The highest BCUT2D eigenvalue weighted by Crippen LogP contribution is 2.36. The SMILES string of the molecule is Cc1nc(-n2cnnn2)ccc1C(O)CN1CCC2(CC1)CN(C1=CC(=O)OC1)C(=O)O2. The number of tetrazole rings is 1. The predicted molar refractivity (Wildman–Crippen MR) is 107 cm³/mol. The van der Waals surface area contributed by atoms with Crippen molar-refractivity contribution >= 4 is 12.1 Å². The van der Waals surface area contributed by atoms with Crippen LogP contribution in [-0.2, 0) is 14.3 Å². The molecule has 0 aromatic carbocycles. The molecular formula is C20H23N7O5. The largest absolute Gasteiger partial charge is 0.456 e. The highest BCUT2D eigenvalue weighted by molar-refractivity contribution is 5.87. The molecule has 1 spiro atoms. The van der Waals surface area contributed by atoms with Gasteiger partial charge in [0.2, 0.25) is 0 Å². The molecule has 1 unspecified atom stereocenters. The number of hydrogen-bond donors (Lipinski definition) is 1. The Hall–Kier alpha value is -3.38. The number of aliphatic hydroxyl groups is 1. The Bertz CT molecular complexity index is 1060. The van der Waals surface area contributed by atoms with E-state index in [0.717, 1.165) is 5.56 Å². The van der Waals surface area contributed by atoms with E-state index >= 15 is 0 Å². The molecule has 2 fully saturated rings. The molecule has 0 saturated carbocycles. The van der Waals surface area contributed by atoms with Gasteiger partial charge >= 0.3 is 12.1 Å². The molecule has 0 aliphatic carbocycles. The molecule has 1 amide bonds. The minimum absolute atomic E-state index is 0.0991. The summed E-state index contributed by atoms with van der Waals surface area (Å²) in [6.07, 6.45) is 2.97. The lowest BCUT2D eigenvalue weighted by atomic mass is 9.91. The fourth-order valence-corrected chi connectivity index (χ4v) is 4.42. The molecule has 2 saturated heterocycles. The van der Waals surface area contributed by atoms with E-state index in [0.29, 0.717) is 56.2 Å². The number of nitrogens with zero attached hydrogens (tertiary/aromatic N) is 7. The second-order valence-corrected chi connectivity index (χ2v) is 8.30. The standard InChI is InChI=1S/C20H23N7O5/c1-13-15(2-3-17(22-13)27-12-21-23-24-27)16(28)9-25-6-4-20(5-7-25)11-26(19(30)32-20)14-8-18(29)31-10-14/h2-3,8,12,16,28H,4-7,9-11H2,1H3. The molecule has 1 atom stereocenters. The van der Waals surface area contributed by atoms with Crippen molar-refractivity contribution in [1.29, 1.82) is 0 Å².